The van der Waals surface area contributed by atoms with Crippen LogP contribution in [0.3, 0.4) is 0 Å². The fourth-order valence-electron chi connectivity index (χ4n) is 4.51. The number of nitro benzene ring substituents is 1. The molecule has 7 nitrogen and oxygen atoms in total. The summed E-state index contributed by atoms with van der Waals surface area (Å²) in [6, 6.07) is 9.03. The number of carbonyl (C=O) groups is 1. The van der Waals surface area contributed by atoms with Gasteiger partial charge >= 0.3 is 0 Å². The molecule has 2 aromatic rings. The quantitative estimate of drug-likeness (QED) is 0.180. The predicted molar refractivity (Wildman–Crippen MR) is 141 cm³/mol. The van der Waals surface area contributed by atoms with E-state index >= 15 is 0 Å². The molecule has 0 saturated carbocycles. The van der Waals surface area contributed by atoms with Crippen LogP contribution in [0.4, 0.5) is 11.4 Å². The first-order chi connectivity index (χ1) is 16.6. The minimum Gasteiger partial charge on any atom is -0.493 e. The largest absolute Gasteiger partial charge is 0.493 e. The Kier molecular flexibility index (Phi) is 10.6. The first kappa shape index (κ1) is 28.1. The van der Waals surface area contributed by atoms with Gasteiger partial charge in [-0.05, 0) is 35.3 Å². The number of nitrogens with one attached hydrogen (secondary N) is 1. The summed E-state index contributed by atoms with van der Waals surface area (Å²) in [5, 5.41) is 14.8. The third kappa shape index (κ3) is 7.20. The van der Waals surface area contributed by atoms with Crippen molar-refractivity contribution in [3.63, 3.8) is 0 Å². The molecule has 1 amide bonds. The minimum atomic E-state index is -0.442. The molecule has 2 aromatic carbocycles. The van der Waals surface area contributed by atoms with Crippen LogP contribution in [0, 0.1) is 10.1 Å². The lowest BCUT2D eigenvalue weighted by Gasteiger charge is -2.23. The fraction of sp³-hybridized carbons (Fsp3) is 0.536. The Morgan fingerprint density at radius 3 is 2.11 bits per heavy atom. The Bertz CT molecular complexity index is 990. The molecule has 1 atom stereocenters. The summed E-state index contributed by atoms with van der Waals surface area (Å²) >= 11 is 0. The van der Waals surface area contributed by atoms with Crippen LogP contribution in [-0.2, 0) is 4.79 Å². The molecule has 0 bridgehead atoms. The van der Waals surface area contributed by atoms with E-state index in [0.29, 0.717) is 23.5 Å². The number of amides is 1. The second kappa shape index (κ2) is 13.1. The maximum Gasteiger partial charge on any atom is 0.273 e. The van der Waals surface area contributed by atoms with Crippen molar-refractivity contribution in [2.75, 3.05) is 19.5 Å². The number of methoxy groups -OCH3 is 2. The number of hydrogen-bond acceptors (Lipinski definition) is 5. The number of unbranched alkanes of at least 4 members (excludes halogenated alkanes) is 2. The number of carbonyl (C=O) groups excluding carboxylic acids is 1. The number of ether oxygens (including phenoxy) is 2. The Balaban J connectivity index is 2.48. The van der Waals surface area contributed by atoms with Gasteiger partial charge in [0.15, 0.2) is 11.5 Å². The third-order valence-electron chi connectivity index (χ3n) is 6.37. The van der Waals surface area contributed by atoms with E-state index in [1.54, 1.807) is 0 Å². The van der Waals surface area contributed by atoms with E-state index in [9.17, 15) is 14.9 Å². The number of nitro groups is 1. The van der Waals surface area contributed by atoms with Crippen LogP contribution in [-0.4, -0.2) is 25.1 Å². The molecule has 1 unspecified atom stereocenters. The first-order valence-electron chi connectivity index (χ1n) is 12.5. The van der Waals surface area contributed by atoms with Crippen molar-refractivity contribution in [3.8, 4) is 11.5 Å². The van der Waals surface area contributed by atoms with Crippen LogP contribution in [0.2, 0.25) is 0 Å². The second-order valence-corrected chi connectivity index (χ2v) is 9.59. The van der Waals surface area contributed by atoms with Crippen LogP contribution in [0.25, 0.3) is 0 Å². The summed E-state index contributed by atoms with van der Waals surface area (Å²) < 4.78 is 11.0. The van der Waals surface area contributed by atoms with Crippen LogP contribution in [0.5, 0.6) is 11.5 Å². The van der Waals surface area contributed by atoms with Crippen LogP contribution < -0.4 is 14.8 Å². The third-order valence-corrected chi connectivity index (χ3v) is 6.37. The van der Waals surface area contributed by atoms with Gasteiger partial charge in [-0.15, -0.1) is 0 Å². The van der Waals surface area contributed by atoms with Gasteiger partial charge in [0.05, 0.1) is 25.2 Å². The van der Waals surface area contributed by atoms with Crippen molar-refractivity contribution >= 4 is 17.3 Å². The zero-order valence-corrected chi connectivity index (χ0v) is 22.1. The molecule has 0 aliphatic carbocycles. The standard InChI is InChI=1S/C28H40N2O5/c1-8-9-10-12-20(24-16-21(30(32)33)17-25(34-6)28(24)35-7)15-26(31)29-27-22(18(2)3)13-11-14-23(27)19(4)5/h11,13-14,16-20H,8-10,12,15H2,1-7H3,(H,29,31). The van der Waals surface area contributed by atoms with E-state index in [2.05, 4.69) is 52.1 Å². The lowest BCUT2D eigenvalue weighted by molar-refractivity contribution is -0.385. The molecule has 7 heteroatoms. The van der Waals surface area contributed by atoms with Gasteiger partial charge in [-0.3, -0.25) is 14.9 Å². The van der Waals surface area contributed by atoms with Gasteiger partial charge < -0.3 is 14.8 Å². The van der Waals surface area contributed by atoms with Crippen molar-refractivity contribution < 1.29 is 19.2 Å². The number of non-ortho nitro benzene ring substituents is 1. The van der Waals surface area contributed by atoms with Gasteiger partial charge in [0.25, 0.3) is 5.69 Å². The molecular formula is C28H40N2O5. The highest BCUT2D eigenvalue weighted by molar-refractivity contribution is 5.93. The first-order valence-corrected chi connectivity index (χ1v) is 12.5. The van der Waals surface area contributed by atoms with Crippen molar-refractivity contribution in [2.24, 2.45) is 0 Å². The number of rotatable bonds is 13. The number of hydrogen-bond donors (Lipinski definition) is 1. The maximum atomic E-state index is 13.4. The molecule has 0 aliphatic rings. The van der Waals surface area contributed by atoms with E-state index in [4.69, 9.17) is 9.47 Å². The molecule has 0 radical (unpaired) electrons. The molecule has 0 spiro atoms. The second-order valence-electron chi connectivity index (χ2n) is 9.59. The topological polar surface area (TPSA) is 90.7 Å². The molecule has 0 fully saturated rings. The Hall–Kier alpha value is -3.09. The van der Waals surface area contributed by atoms with E-state index in [-0.39, 0.29) is 35.8 Å². The Labute approximate surface area is 209 Å². The zero-order chi connectivity index (χ0) is 26.1. The van der Waals surface area contributed by atoms with E-state index < -0.39 is 4.92 Å². The van der Waals surface area contributed by atoms with Gasteiger partial charge in [-0.25, -0.2) is 0 Å². The normalized spacial score (nSPS) is 12.0. The zero-order valence-electron chi connectivity index (χ0n) is 22.1. The molecule has 0 saturated heterocycles. The average Bonchev–Trinajstić information content (AvgIpc) is 2.82. The van der Waals surface area contributed by atoms with Crippen molar-refractivity contribution in [1.29, 1.82) is 0 Å². The van der Waals surface area contributed by atoms with E-state index in [1.165, 1.54) is 26.4 Å². The van der Waals surface area contributed by atoms with Gasteiger partial charge in [-0.2, -0.15) is 0 Å². The van der Waals surface area contributed by atoms with Crippen LogP contribution in [0.15, 0.2) is 30.3 Å². The summed E-state index contributed by atoms with van der Waals surface area (Å²) in [6.07, 6.45) is 3.86. The number of para-hydroxylation sites is 1. The molecular weight excluding hydrogens is 444 g/mol. The average molecular weight is 485 g/mol. The van der Waals surface area contributed by atoms with E-state index in [1.807, 2.05) is 6.07 Å². The number of nitrogens with zero attached hydrogens (tertiary/aromatic N) is 1. The molecule has 1 N–H and O–H groups in total. The lowest BCUT2D eigenvalue weighted by Crippen LogP contribution is -2.19. The highest BCUT2D eigenvalue weighted by Gasteiger charge is 2.27. The maximum absolute atomic E-state index is 13.4. The molecule has 0 aliphatic heterocycles. The van der Waals surface area contributed by atoms with Crippen molar-refractivity contribution in [2.45, 2.75) is 84.5 Å². The highest BCUT2D eigenvalue weighted by Crippen LogP contribution is 2.42. The molecule has 192 valence electrons. The van der Waals surface area contributed by atoms with Gasteiger partial charge in [-0.1, -0.05) is 72.1 Å². The SMILES string of the molecule is CCCCCC(CC(=O)Nc1c(C(C)C)cccc1C(C)C)c1cc([N+](=O)[O-])cc(OC)c1OC. The summed E-state index contributed by atoms with van der Waals surface area (Å²) in [6.45, 7) is 10.6. The molecule has 0 heterocycles. The summed E-state index contributed by atoms with van der Waals surface area (Å²) in [5.41, 5.74) is 3.62. The predicted octanol–water partition coefficient (Wildman–Crippen LogP) is 7.55. The van der Waals surface area contributed by atoms with Gasteiger partial charge in [0, 0.05) is 23.7 Å². The Morgan fingerprint density at radius 2 is 1.63 bits per heavy atom. The molecule has 0 aromatic heterocycles. The van der Waals surface area contributed by atoms with Crippen LogP contribution >= 0.6 is 0 Å². The summed E-state index contributed by atoms with van der Waals surface area (Å²) in [5.74, 6) is 0.881. The molecule has 35 heavy (non-hydrogen) atoms. The summed E-state index contributed by atoms with van der Waals surface area (Å²) in [7, 11) is 2.98. The number of benzene rings is 2. The van der Waals surface area contributed by atoms with Crippen molar-refractivity contribution in [1.82, 2.24) is 0 Å². The minimum absolute atomic E-state index is 0.0780. The van der Waals surface area contributed by atoms with E-state index in [0.717, 1.165) is 36.1 Å². The molecule has 2 rings (SSSR count). The smallest absolute Gasteiger partial charge is 0.273 e. The monoisotopic (exact) mass is 484 g/mol. The fourth-order valence-corrected chi connectivity index (χ4v) is 4.51. The highest BCUT2D eigenvalue weighted by atomic mass is 16.6. The lowest BCUT2D eigenvalue weighted by atomic mass is 9.88. The summed E-state index contributed by atoms with van der Waals surface area (Å²) in [4.78, 5) is 24.6. The van der Waals surface area contributed by atoms with Gasteiger partial charge in [0.1, 0.15) is 0 Å². The number of anilines is 1. The van der Waals surface area contributed by atoms with Crippen LogP contribution in [0.1, 0.15) is 101 Å². The van der Waals surface area contributed by atoms with Crippen molar-refractivity contribution in [3.05, 3.63) is 57.1 Å². The Morgan fingerprint density at radius 1 is 1.00 bits per heavy atom. The van der Waals surface area contributed by atoms with Gasteiger partial charge in [0.2, 0.25) is 5.91 Å².